The van der Waals surface area contributed by atoms with Crippen LogP contribution >= 0.6 is 0 Å². The summed E-state index contributed by atoms with van der Waals surface area (Å²) in [4.78, 5) is 46.3. The smallest absolute Gasteiger partial charge is 0.544 e. The quantitative estimate of drug-likeness (QED) is 0.150. The van der Waals surface area contributed by atoms with Gasteiger partial charge in [0.05, 0.1) is 18.2 Å². The molecule has 3 amide bonds. The maximum Gasteiger partial charge on any atom is 1.00 e. The van der Waals surface area contributed by atoms with Crippen LogP contribution in [0.4, 0.5) is 0 Å². The van der Waals surface area contributed by atoms with Crippen molar-refractivity contribution in [3.8, 4) is 0 Å². The van der Waals surface area contributed by atoms with Crippen LogP contribution in [0.15, 0.2) is 0 Å². The Labute approximate surface area is 201 Å². The van der Waals surface area contributed by atoms with Gasteiger partial charge < -0.3 is 50.6 Å². The molecule has 13 nitrogen and oxygen atoms in total. The molecule has 0 saturated carbocycles. The summed E-state index contributed by atoms with van der Waals surface area (Å²) >= 11 is 0. The van der Waals surface area contributed by atoms with E-state index in [2.05, 4.69) is 16.0 Å². The van der Waals surface area contributed by atoms with Crippen LogP contribution in [-0.2, 0) is 28.7 Å². The second-order valence-corrected chi connectivity index (χ2v) is 7.22. The van der Waals surface area contributed by atoms with Crippen molar-refractivity contribution < 1.29 is 78.6 Å². The first kappa shape index (κ1) is 29.7. The summed E-state index contributed by atoms with van der Waals surface area (Å²) in [6.07, 6.45) is -7.49. The Hall–Kier alpha value is -1.32. The van der Waals surface area contributed by atoms with Gasteiger partial charge in [-0.05, 0) is 13.8 Å². The molecule has 0 aliphatic carbocycles. The van der Waals surface area contributed by atoms with E-state index < -0.39 is 72.9 Å². The van der Waals surface area contributed by atoms with Gasteiger partial charge in [-0.2, -0.15) is 0 Å². The number of rotatable bonds is 8. The number of nitrogens with one attached hydrogen (secondary N) is 3. The zero-order chi connectivity index (χ0) is 23.2. The largest absolute Gasteiger partial charge is 1.00 e. The minimum Gasteiger partial charge on any atom is -0.544 e. The topological polar surface area (TPSA) is 207 Å². The third-order valence-corrected chi connectivity index (χ3v) is 4.41. The van der Waals surface area contributed by atoms with Crippen LogP contribution in [0.25, 0.3) is 0 Å². The number of aliphatic carboxylic acids is 1. The second kappa shape index (κ2) is 12.6. The van der Waals surface area contributed by atoms with Crippen LogP contribution in [0.5, 0.6) is 0 Å². The number of carboxylic acid groups (broad SMARTS) is 1. The number of ether oxygens (including phenoxy) is 2. The van der Waals surface area contributed by atoms with E-state index in [1.165, 1.54) is 0 Å². The van der Waals surface area contributed by atoms with E-state index in [0.29, 0.717) is 0 Å². The summed E-state index contributed by atoms with van der Waals surface area (Å²) in [6, 6.07) is -1.61. The molecule has 0 aromatic rings. The van der Waals surface area contributed by atoms with Crippen molar-refractivity contribution in [3.05, 3.63) is 0 Å². The molecule has 1 saturated heterocycles. The number of amides is 3. The third-order valence-electron chi connectivity index (χ3n) is 4.41. The van der Waals surface area contributed by atoms with Crippen molar-refractivity contribution in [3.63, 3.8) is 0 Å². The molecule has 0 radical (unpaired) electrons. The van der Waals surface area contributed by atoms with E-state index in [4.69, 9.17) is 9.47 Å². The third kappa shape index (κ3) is 7.95. The van der Waals surface area contributed by atoms with E-state index in [9.17, 15) is 39.6 Å². The summed E-state index contributed by atoms with van der Waals surface area (Å²) < 4.78 is 10.1. The summed E-state index contributed by atoms with van der Waals surface area (Å²) in [7, 11) is 0.981. The van der Waals surface area contributed by atoms with Crippen molar-refractivity contribution in [2.75, 3.05) is 13.7 Å². The molecule has 0 bridgehead atoms. The van der Waals surface area contributed by atoms with Crippen molar-refractivity contribution >= 4 is 23.7 Å². The zero-order valence-electron chi connectivity index (χ0n) is 18.1. The van der Waals surface area contributed by atoms with Crippen molar-refractivity contribution in [1.29, 1.82) is 0 Å². The molecular formula is C17H28N3NaO10. The Morgan fingerprint density at radius 2 is 1.81 bits per heavy atom. The summed E-state index contributed by atoms with van der Waals surface area (Å²) in [5, 5.41) is 49.3. The number of carbonyl (C=O) groups excluding carboxylic acids is 4. The van der Waals surface area contributed by atoms with Gasteiger partial charge in [0, 0.05) is 33.0 Å². The van der Waals surface area contributed by atoms with E-state index >= 15 is 0 Å². The first-order valence-corrected chi connectivity index (χ1v) is 9.19. The Bertz CT molecular complexity index is 664. The number of hydrogen-bond donors (Lipinski definition) is 6. The molecule has 31 heavy (non-hydrogen) atoms. The molecule has 172 valence electrons. The van der Waals surface area contributed by atoms with Gasteiger partial charge in [0.25, 0.3) is 0 Å². The van der Waals surface area contributed by atoms with Crippen LogP contribution in [0.1, 0.15) is 27.2 Å². The standard InChI is InChI=1S/C17H29N3O10.Na/c1-7(2)19-15(26)14(25)18-6-10(23)12(24)13-11(20-8(3)21)9(22)5-17(29-4,30-13)16(27)28;/h7,9-13,22-24H,5-6H2,1-4H3,(H,18,25)(H,19,26)(H,20,21)(H,27,28);/q;+1/p-1/t9-,10+,11+,12+,13+,17+;/m0./s1. The molecule has 0 spiro atoms. The number of aliphatic hydroxyl groups excluding tert-OH is 3. The van der Waals surface area contributed by atoms with Crippen LogP contribution in [0.3, 0.4) is 0 Å². The molecule has 1 rings (SSSR count). The van der Waals surface area contributed by atoms with Crippen molar-refractivity contribution in [2.24, 2.45) is 0 Å². The van der Waals surface area contributed by atoms with Gasteiger partial charge in [-0.3, -0.25) is 14.4 Å². The zero-order valence-corrected chi connectivity index (χ0v) is 20.1. The fourth-order valence-electron chi connectivity index (χ4n) is 2.95. The molecule has 0 aromatic heterocycles. The molecule has 14 heteroatoms. The van der Waals surface area contributed by atoms with Gasteiger partial charge in [-0.15, -0.1) is 0 Å². The first-order chi connectivity index (χ1) is 13.8. The van der Waals surface area contributed by atoms with E-state index in [1.807, 2.05) is 0 Å². The molecule has 1 aliphatic rings. The Kier molecular flexibility index (Phi) is 12.1. The Balaban J connectivity index is 0.00000900. The van der Waals surface area contributed by atoms with Crippen molar-refractivity contribution in [2.45, 2.75) is 69.5 Å². The normalized spacial score (nSPS) is 27.4. The fraction of sp³-hybridized carbons (Fsp3) is 0.765. The molecule has 6 N–H and O–H groups in total. The van der Waals surface area contributed by atoms with Crippen LogP contribution in [0.2, 0.25) is 0 Å². The number of aliphatic hydroxyl groups is 3. The van der Waals surface area contributed by atoms with Gasteiger partial charge in [-0.25, -0.2) is 0 Å². The minimum atomic E-state index is -2.44. The second-order valence-electron chi connectivity index (χ2n) is 7.22. The van der Waals surface area contributed by atoms with Crippen LogP contribution < -0.4 is 50.6 Å². The molecule has 0 aromatic carbocycles. The molecule has 1 fully saturated rings. The summed E-state index contributed by atoms with van der Waals surface area (Å²) in [6.45, 7) is 3.78. The number of methoxy groups -OCH3 is 1. The number of hydrogen-bond acceptors (Lipinski definition) is 10. The fourth-order valence-corrected chi connectivity index (χ4v) is 2.95. The van der Waals surface area contributed by atoms with Crippen LogP contribution in [-0.4, -0.2) is 95.0 Å². The van der Waals surface area contributed by atoms with Crippen LogP contribution in [0, 0.1) is 0 Å². The SMILES string of the molecule is CO[C@]1(C(=O)[O-])C[C@H](O)[C@@H](NC(C)=O)[C@H]([C@H](O)[C@H](O)CNC(=O)C(=O)NC(C)C)O1.[Na+]. The molecule has 0 unspecified atom stereocenters. The average Bonchev–Trinajstić information content (AvgIpc) is 2.65. The van der Waals surface area contributed by atoms with E-state index in [1.54, 1.807) is 13.8 Å². The van der Waals surface area contributed by atoms with Gasteiger partial charge in [0.15, 0.2) is 0 Å². The monoisotopic (exact) mass is 457 g/mol. The Morgan fingerprint density at radius 1 is 1.23 bits per heavy atom. The minimum absolute atomic E-state index is 0. The summed E-state index contributed by atoms with van der Waals surface area (Å²) in [5.74, 6) is -6.93. The predicted molar refractivity (Wildman–Crippen MR) is 96.2 cm³/mol. The predicted octanol–water partition coefficient (Wildman–Crippen LogP) is -7.90. The van der Waals surface area contributed by atoms with E-state index in [0.717, 1.165) is 14.0 Å². The molecule has 6 atom stereocenters. The maximum atomic E-state index is 11.7. The molecule has 1 heterocycles. The van der Waals surface area contributed by atoms with Crippen molar-refractivity contribution in [1.82, 2.24) is 16.0 Å². The van der Waals surface area contributed by atoms with E-state index in [-0.39, 0.29) is 35.6 Å². The van der Waals surface area contributed by atoms with Gasteiger partial charge in [-0.1, -0.05) is 0 Å². The molecular weight excluding hydrogens is 429 g/mol. The van der Waals surface area contributed by atoms with Gasteiger partial charge in [0.2, 0.25) is 11.7 Å². The Morgan fingerprint density at radius 3 is 2.26 bits per heavy atom. The average molecular weight is 457 g/mol. The maximum absolute atomic E-state index is 11.7. The number of carbonyl (C=O) groups is 4. The first-order valence-electron chi connectivity index (χ1n) is 9.19. The number of carboxylic acids is 1. The van der Waals surface area contributed by atoms with Gasteiger partial charge >= 0.3 is 41.4 Å². The van der Waals surface area contributed by atoms with Gasteiger partial charge in [0.1, 0.15) is 18.2 Å². The summed E-state index contributed by atoms with van der Waals surface area (Å²) in [5.41, 5.74) is 0. The molecule has 1 aliphatic heterocycles.